The standard InChI is InChI=1S/C13H15N5O3/c14-8-3-7(4-9(15)5-8)10(19)18-2-1-13(6-18)11(20)16-12(21)17-13/h3-5H,1-2,6,14-15H2,(H2,16,17,20,21). The van der Waals surface area contributed by atoms with Crippen molar-refractivity contribution in [1.82, 2.24) is 15.5 Å². The van der Waals surface area contributed by atoms with Crippen LogP contribution in [0.25, 0.3) is 0 Å². The minimum Gasteiger partial charge on any atom is -0.399 e. The zero-order valence-electron chi connectivity index (χ0n) is 11.2. The van der Waals surface area contributed by atoms with E-state index >= 15 is 0 Å². The van der Waals surface area contributed by atoms with Gasteiger partial charge in [-0.15, -0.1) is 0 Å². The van der Waals surface area contributed by atoms with E-state index in [1.54, 1.807) is 6.07 Å². The highest BCUT2D eigenvalue weighted by atomic mass is 16.2. The fourth-order valence-electron chi connectivity index (χ4n) is 2.78. The molecule has 2 aliphatic rings. The van der Waals surface area contributed by atoms with Crippen LogP contribution in [0.1, 0.15) is 16.8 Å². The van der Waals surface area contributed by atoms with Gasteiger partial charge in [0.15, 0.2) is 0 Å². The molecule has 2 fully saturated rings. The highest BCUT2D eigenvalue weighted by molar-refractivity contribution is 6.08. The number of rotatable bonds is 1. The summed E-state index contributed by atoms with van der Waals surface area (Å²) in [7, 11) is 0. The Hall–Kier alpha value is -2.77. The number of nitrogen functional groups attached to an aromatic ring is 2. The van der Waals surface area contributed by atoms with E-state index < -0.39 is 17.5 Å². The van der Waals surface area contributed by atoms with Crippen molar-refractivity contribution in [1.29, 1.82) is 0 Å². The summed E-state index contributed by atoms with van der Waals surface area (Å²) in [5, 5.41) is 4.80. The molecule has 1 atom stereocenters. The Kier molecular flexibility index (Phi) is 2.75. The number of carbonyl (C=O) groups excluding carboxylic acids is 3. The van der Waals surface area contributed by atoms with Gasteiger partial charge in [-0.05, 0) is 24.6 Å². The molecule has 0 bridgehead atoms. The van der Waals surface area contributed by atoms with Crippen molar-refractivity contribution >= 4 is 29.2 Å². The first kappa shape index (κ1) is 13.2. The first-order valence-corrected chi connectivity index (χ1v) is 6.48. The molecule has 1 aromatic rings. The summed E-state index contributed by atoms with van der Waals surface area (Å²) in [6.07, 6.45) is 0.383. The summed E-state index contributed by atoms with van der Waals surface area (Å²) < 4.78 is 0. The van der Waals surface area contributed by atoms with E-state index in [1.807, 2.05) is 0 Å². The molecule has 2 aliphatic heterocycles. The minimum atomic E-state index is -1.02. The largest absolute Gasteiger partial charge is 0.399 e. The quantitative estimate of drug-likeness (QED) is 0.400. The molecule has 1 spiro atoms. The number of likely N-dealkylation sites (tertiary alicyclic amines) is 1. The number of hydrogen-bond acceptors (Lipinski definition) is 5. The number of benzene rings is 1. The van der Waals surface area contributed by atoms with Gasteiger partial charge in [-0.1, -0.05) is 0 Å². The lowest BCUT2D eigenvalue weighted by Gasteiger charge is -2.21. The van der Waals surface area contributed by atoms with Gasteiger partial charge in [-0.3, -0.25) is 14.9 Å². The van der Waals surface area contributed by atoms with Crippen LogP contribution in [0.2, 0.25) is 0 Å². The van der Waals surface area contributed by atoms with Crippen molar-refractivity contribution in [3.63, 3.8) is 0 Å². The van der Waals surface area contributed by atoms with E-state index in [-0.39, 0.29) is 12.5 Å². The molecule has 2 saturated heterocycles. The molecule has 110 valence electrons. The SMILES string of the molecule is Nc1cc(N)cc(C(=O)N2CCC3(C2)NC(=O)NC3=O)c1. The van der Waals surface area contributed by atoms with Gasteiger partial charge in [0.2, 0.25) is 0 Å². The number of amides is 4. The maximum Gasteiger partial charge on any atom is 0.322 e. The Morgan fingerprint density at radius 1 is 1.19 bits per heavy atom. The second kappa shape index (κ2) is 4.37. The number of anilines is 2. The van der Waals surface area contributed by atoms with Crippen LogP contribution in [-0.2, 0) is 4.79 Å². The number of urea groups is 1. The normalized spacial score (nSPS) is 24.3. The van der Waals surface area contributed by atoms with Crippen LogP contribution >= 0.6 is 0 Å². The van der Waals surface area contributed by atoms with Gasteiger partial charge in [0.25, 0.3) is 11.8 Å². The molecule has 3 rings (SSSR count). The number of nitrogens with one attached hydrogen (secondary N) is 2. The van der Waals surface area contributed by atoms with Crippen molar-refractivity contribution in [2.24, 2.45) is 0 Å². The van der Waals surface area contributed by atoms with E-state index in [9.17, 15) is 14.4 Å². The molecule has 1 aromatic carbocycles. The first-order valence-electron chi connectivity index (χ1n) is 6.48. The molecule has 0 aliphatic carbocycles. The molecular weight excluding hydrogens is 274 g/mol. The highest BCUT2D eigenvalue weighted by Crippen LogP contribution is 2.26. The van der Waals surface area contributed by atoms with Crippen molar-refractivity contribution in [3.05, 3.63) is 23.8 Å². The predicted molar refractivity (Wildman–Crippen MR) is 75.2 cm³/mol. The maximum atomic E-state index is 12.5. The van der Waals surface area contributed by atoms with Crippen LogP contribution in [0.5, 0.6) is 0 Å². The van der Waals surface area contributed by atoms with Gasteiger partial charge in [-0.2, -0.15) is 0 Å². The van der Waals surface area contributed by atoms with Gasteiger partial charge in [0.1, 0.15) is 5.54 Å². The second-order valence-electron chi connectivity index (χ2n) is 5.36. The summed E-state index contributed by atoms with van der Waals surface area (Å²) in [5.41, 5.74) is 11.5. The molecule has 6 N–H and O–H groups in total. The summed E-state index contributed by atoms with van der Waals surface area (Å²) >= 11 is 0. The van der Waals surface area contributed by atoms with E-state index in [0.29, 0.717) is 29.9 Å². The predicted octanol–water partition coefficient (Wildman–Crippen LogP) is -0.725. The highest BCUT2D eigenvalue weighted by Gasteiger charge is 2.51. The van der Waals surface area contributed by atoms with Crippen LogP contribution in [0.4, 0.5) is 16.2 Å². The zero-order chi connectivity index (χ0) is 15.2. The second-order valence-corrected chi connectivity index (χ2v) is 5.36. The fourth-order valence-corrected chi connectivity index (χ4v) is 2.78. The molecule has 8 heteroatoms. The van der Waals surface area contributed by atoms with E-state index in [1.165, 1.54) is 17.0 Å². The fraction of sp³-hybridized carbons (Fsp3) is 0.308. The third kappa shape index (κ3) is 2.14. The van der Waals surface area contributed by atoms with E-state index in [0.717, 1.165) is 0 Å². The Morgan fingerprint density at radius 2 is 1.86 bits per heavy atom. The number of nitrogens with zero attached hydrogens (tertiary/aromatic N) is 1. The van der Waals surface area contributed by atoms with Crippen LogP contribution in [0, 0.1) is 0 Å². The molecule has 4 amide bonds. The Labute approximate surface area is 120 Å². The van der Waals surface area contributed by atoms with Crippen molar-refractivity contribution in [3.8, 4) is 0 Å². The molecule has 0 radical (unpaired) electrons. The van der Waals surface area contributed by atoms with Crippen molar-refractivity contribution in [2.45, 2.75) is 12.0 Å². The molecule has 0 aromatic heterocycles. The third-order valence-corrected chi connectivity index (χ3v) is 3.80. The molecule has 8 nitrogen and oxygen atoms in total. The number of carbonyl (C=O) groups is 3. The van der Waals surface area contributed by atoms with Crippen LogP contribution in [0.3, 0.4) is 0 Å². The number of nitrogens with two attached hydrogens (primary N) is 2. The van der Waals surface area contributed by atoms with Crippen LogP contribution in [-0.4, -0.2) is 41.4 Å². The van der Waals surface area contributed by atoms with E-state index in [4.69, 9.17) is 11.5 Å². The zero-order valence-corrected chi connectivity index (χ0v) is 11.2. The lowest BCUT2D eigenvalue weighted by molar-refractivity contribution is -0.123. The minimum absolute atomic E-state index is 0.137. The van der Waals surface area contributed by atoms with Crippen LogP contribution < -0.4 is 22.1 Å². The summed E-state index contributed by atoms with van der Waals surface area (Å²) in [5.74, 6) is -0.658. The maximum absolute atomic E-state index is 12.5. The summed E-state index contributed by atoms with van der Waals surface area (Å²) in [6, 6.07) is 4.11. The van der Waals surface area contributed by atoms with Gasteiger partial charge in [0.05, 0.1) is 6.54 Å². The van der Waals surface area contributed by atoms with Gasteiger partial charge in [-0.25, -0.2) is 4.79 Å². The summed E-state index contributed by atoms with van der Waals surface area (Å²) in [4.78, 5) is 37.1. The average molecular weight is 289 g/mol. The molecule has 21 heavy (non-hydrogen) atoms. The Bertz CT molecular complexity index is 639. The molecular formula is C13H15N5O3. The lowest BCUT2D eigenvalue weighted by Crippen LogP contribution is -2.49. The number of hydrogen-bond donors (Lipinski definition) is 4. The molecule has 2 heterocycles. The topological polar surface area (TPSA) is 131 Å². The van der Waals surface area contributed by atoms with Crippen molar-refractivity contribution < 1.29 is 14.4 Å². The smallest absolute Gasteiger partial charge is 0.322 e. The van der Waals surface area contributed by atoms with Gasteiger partial charge >= 0.3 is 6.03 Å². The van der Waals surface area contributed by atoms with Gasteiger partial charge in [0, 0.05) is 23.5 Å². The third-order valence-electron chi connectivity index (χ3n) is 3.80. The van der Waals surface area contributed by atoms with Gasteiger partial charge < -0.3 is 21.7 Å². The molecule has 0 saturated carbocycles. The lowest BCUT2D eigenvalue weighted by atomic mass is 9.99. The molecule has 1 unspecified atom stereocenters. The van der Waals surface area contributed by atoms with E-state index in [2.05, 4.69) is 10.6 Å². The average Bonchev–Trinajstić information content (AvgIpc) is 2.93. The first-order chi connectivity index (χ1) is 9.89. The van der Waals surface area contributed by atoms with Crippen LogP contribution in [0.15, 0.2) is 18.2 Å². The monoisotopic (exact) mass is 289 g/mol. The Morgan fingerprint density at radius 3 is 2.43 bits per heavy atom. The number of imide groups is 1. The Balaban J connectivity index is 1.81. The van der Waals surface area contributed by atoms with Crippen molar-refractivity contribution in [2.75, 3.05) is 24.6 Å². The summed E-state index contributed by atoms with van der Waals surface area (Å²) in [6.45, 7) is 0.513.